The molecule has 0 radical (unpaired) electrons. The molecule has 1 aromatic carbocycles. The third-order valence-electron chi connectivity index (χ3n) is 10.2. The van der Waals surface area contributed by atoms with Crippen molar-refractivity contribution in [2.45, 2.75) is 121 Å². The number of hydrogen-bond acceptors (Lipinski definition) is 7. The van der Waals surface area contributed by atoms with Crippen LogP contribution in [0.2, 0.25) is 48.8 Å². The summed E-state index contributed by atoms with van der Waals surface area (Å²) in [5.74, 6) is -0.192. The Bertz CT molecular complexity index is 1630. The van der Waals surface area contributed by atoms with Gasteiger partial charge in [0.15, 0.2) is 20.1 Å². The van der Waals surface area contributed by atoms with E-state index in [1.165, 1.54) is 0 Å². The van der Waals surface area contributed by atoms with Gasteiger partial charge in [0.1, 0.15) is 30.3 Å². The first-order valence-electron chi connectivity index (χ1n) is 16.7. The Kier molecular flexibility index (Phi) is 10.1. The fourth-order valence-electron chi connectivity index (χ4n) is 6.46. The standard InChI is InChI=1S/C34H48BrClFN3O5Si2/c1-34(2,3)47(7,8)45-28-18-43-30-27(17-42-31(28)30)44-33-39-26-16-23(36)25(38-32(26)40(33)19-41-11-12-46(4,5)6)14-21-10-9-20-13-22(35)15-24(37)29(20)21/h13,15-16,21,27-28,30-31H,9-12,14,17-19H2,1-8H3/t21-,27-,28-,30-,31-/m1/s1. The molecule has 47 heavy (non-hydrogen) atoms. The van der Waals surface area contributed by atoms with Crippen LogP contribution in [0.4, 0.5) is 4.39 Å². The molecule has 3 aromatic rings. The highest BCUT2D eigenvalue weighted by Crippen LogP contribution is 2.42. The molecule has 2 saturated heterocycles. The Labute approximate surface area is 293 Å². The van der Waals surface area contributed by atoms with Crippen molar-refractivity contribution in [3.63, 3.8) is 0 Å². The van der Waals surface area contributed by atoms with E-state index in [2.05, 4.69) is 69.4 Å². The second kappa shape index (κ2) is 13.4. The summed E-state index contributed by atoms with van der Waals surface area (Å²) in [6.45, 7) is 19.9. The predicted octanol–water partition coefficient (Wildman–Crippen LogP) is 8.51. The molecule has 5 atom stereocenters. The number of nitrogens with zero attached hydrogens (tertiary/aromatic N) is 3. The van der Waals surface area contributed by atoms with Crippen molar-refractivity contribution in [3.05, 3.63) is 50.3 Å². The Hall–Kier alpha value is -1.39. The highest BCUT2D eigenvalue weighted by molar-refractivity contribution is 9.10. The third kappa shape index (κ3) is 7.55. The molecule has 0 saturated carbocycles. The Morgan fingerprint density at radius 1 is 1.04 bits per heavy atom. The number of aromatic nitrogens is 3. The number of hydrogen-bond donors (Lipinski definition) is 0. The molecule has 3 aliphatic rings. The number of imidazole rings is 1. The molecule has 0 amide bonds. The summed E-state index contributed by atoms with van der Waals surface area (Å²) < 4.78 is 49.7. The fourth-order valence-corrected chi connectivity index (χ4v) is 9.23. The number of fused-ring (bicyclic) bond motifs is 3. The van der Waals surface area contributed by atoms with Gasteiger partial charge in [0, 0.05) is 19.2 Å². The van der Waals surface area contributed by atoms with Gasteiger partial charge in [-0.3, -0.25) is 4.57 Å². The van der Waals surface area contributed by atoms with Gasteiger partial charge < -0.3 is 23.4 Å². The normalized spacial score (nSPS) is 24.7. The van der Waals surface area contributed by atoms with Gasteiger partial charge >= 0.3 is 6.01 Å². The molecule has 4 heterocycles. The molecular weight excluding hydrogens is 721 g/mol. The van der Waals surface area contributed by atoms with Crippen LogP contribution in [0.15, 0.2) is 22.7 Å². The van der Waals surface area contributed by atoms with E-state index in [-0.39, 0.29) is 47.9 Å². The second-order valence-corrected chi connectivity index (χ2v) is 27.7. The van der Waals surface area contributed by atoms with Crippen LogP contribution in [-0.2, 0) is 38.2 Å². The van der Waals surface area contributed by atoms with Crippen LogP contribution < -0.4 is 4.74 Å². The topological polar surface area (TPSA) is 76.9 Å². The molecule has 0 unspecified atom stereocenters. The lowest BCUT2D eigenvalue weighted by molar-refractivity contribution is 0.00687. The average Bonchev–Trinajstić information content (AvgIpc) is 3.71. The van der Waals surface area contributed by atoms with E-state index < -0.39 is 16.4 Å². The minimum absolute atomic E-state index is 0.00536. The van der Waals surface area contributed by atoms with Crippen LogP contribution in [-0.4, -0.2) is 75.2 Å². The van der Waals surface area contributed by atoms with Crippen molar-refractivity contribution < 1.29 is 27.8 Å². The van der Waals surface area contributed by atoms with Gasteiger partial charge in [0.25, 0.3) is 0 Å². The maximum atomic E-state index is 15.1. The molecule has 1 aliphatic carbocycles. The predicted molar refractivity (Wildman–Crippen MR) is 191 cm³/mol. The summed E-state index contributed by atoms with van der Waals surface area (Å²) in [6, 6.07) is 6.82. The summed E-state index contributed by atoms with van der Waals surface area (Å²) in [6.07, 6.45) is 1.24. The smallest absolute Gasteiger partial charge is 0.301 e. The quantitative estimate of drug-likeness (QED) is 0.143. The molecule has 2 aliphatic heterocycles. The Morgan fingerprint density at radius 2 is 1.74 bits per heavy atom. The minimum Gasteiger partial charge on any atom is -0.456 e. The molecule has 0 N–H and O–H groups in total. The number of rotatable bonds is 11. The number of aryl methyl sites for hydroxylation is 1. The molecule has 13 heteroatoms. The van der Waals surface area contributed by atoms with Gasteiger partial charge in [0.05, 0.1) is 30.0 Å². The first kappa shape index (κ1) is 35.4. The molecule has 258 valence electrons. The maximum absolute atomic E-state index is 15.1. The first-order chi connectivity index (χ1) is 22.0. The molecule has 0 spiro atoms. The zero-order valence-corrected chi connectivity index (χ0v) is 33.1. The van der Waals surface area contributed by atoms with E-state index in [1.54, 1.807) is 6.07 Å². The van der Waals surface area contributed by atoms with Crippen LogP contribution in [0.5, 0.6) is 6.01 Å². The van der Waals surface area contributed by atoms with Crippen LogP contribution in [0.1, 0.15) is 49.9 Å². The Morgan fingerprint density at radius 3 is 2.45 bits per heavy atom. The third-order valence-corrected chi connectivity index (χ3v) is 17.2. The number of halogens is 3. The molecule has 2 fully saturated rings. The van der Waals surface area contributed by atoms with Gasteiger partial charge in [-0.15, -0.1) is 0 Å². The molecule has 6 rings (SSSR count). The van der Waals surface area contributed by atoms with Crippen molar-refractivity contribution in [3.8, 4) is 6.01 Å². The van der Waals surface area contributed by atoms with E-state index in [0.29, 0.717) is 54.1 Å². The molecule has 8 nitrogen and oxygen atoms in total. The van der Waals surface area contributed by atoms with Crippen molar-refractivity contribution >= 4 is 55.1 Å². The van der Waals surface area contributed by atoms with Crippen molar-refractivity contribution in [1.82, 2.24) is 14.5 Å². The number of pyridine rings is 1. The van der Waals surface area contributed by atoms with E-state index >= 15 is 4.39 Å². The lowest BCUT2D eigenvalue weighted by Crippen LogP contribution is -2.47. The lowest BCUT2D eigenvalue weighted by Gasteiger charge is -2.39. The van der Waals surface area contributed by atoms with Gasteiger partial charge in [-0.1, -0.05) is 67.9 Å². The van der Waals surface area contributed by atoms with Crippen molar-refractivity contribution in [2.75, 3.05) is 19.8 Å². The Balaban J connectivity index is 1.25. The van der Waals surface area contributed by atoms with Crippen LogP contribution in [0, 0.1) is 5.82 Å². The minimum atomic E-state index is -2.01. The van der Waals surface area contributed by atoms with Gasteiger partial charge in [0.2, 0.25) is 0 Å². The summed E-state index contributed by atoms with van der Waals surface area (Å²) in [5, 5.41) is 0.591. The number of benzene rings is 1. The van der Waals surface area contributed by atoms with E-state index in [0.717, 1.165) is 34.5 Å². The van der Waals surface area contributed by atoms with Crippen LogP contribution in [0.25, 0.3) is 11.2 Å². The lowest BCUT2D eigenvalue weighted by atomic mass is 9.95. The zero-order chi connectivity index (χ0) is 33.9. The van der Waals surface area contributed by atoms with Crippen molar-refractivity contribution in [2.24, 2.45) is 0 Å². The van der Waals surface area contributed by atoms with Crippen LogP contribution in [0.3, 0.4) is 0 Å². The molecular formula is C34H48BrClFN3O5Si2. The largest absolute Gasteiger partial charge is 0.456 e. The monoisotopic (exact) mass is 767 g/mol. The summed E-state index contributed by atoms with van der Waals surface area (Å²) in [5.41, 5.74) is 3.76. The highest BCUT2D eigenvalue weighted by Gasteiger charge is 2.52. The fraction of sp³-hybridized carbons (Fsp3) is 0.647. The first-order valence-corrected chi connectivity index (χ1v) is 24.5. The summed E-state index contributed by atoms with van der Waals surface area (Å²) in [7, 11) is -3.31. The van der Waals surface area contributed by atoms with Gasteiger partial charge in [-0.05, 0) is 78.7 Å². The van der Waals surface area contributed by atoms with E-state index in [1.807, 2.05) is 16.7 Å². The maximum Gasteiger partial charge on any atom is 0.301 e. The molecule has 0 bridgehead atoms. The number of ether oxygens (including phenoxy) is 4. The second-order valence-electron chi connectivity index (χ2n) is 16.0. The summed E-state index contributed by atoms with van der Waals surface area (Å²) in [4.78, 5) is 9.87. The van der Waals surface area contributed by atoms with E-state index in [4.69, 9.17) is 44.9 Å². The van der Waals surface area contributed by atoms with Crippen molar-refractivity contribution in [1.29, 1.82) is 0 Å². The van der Waals surface area contributed by atoms with Crippen LogP contribution >= 0.6 is 27.5 Å². The average molecular weight is 769 g/mol. The summed E-state index contributed by atoms with van der Waals surface area (Å²) >= 11 is 10.3. The zero-order valence-electron chi connectivity index (χ0n) is 28.8. The molecule has 2 aromatic heterocycles. The van der Waals surface area contributed by atoms with Gasteiger partial charge in [-0.25, -0.2) is 9.37 Å². The van der Waals surface area contributed by atoms with Gasteiger partial charge in [-0.2, -0.15) is 4.98 Å². The highest BCUT2D eigenvalue weighted by atomic mass is 79.9. The SMILES string of the molecule is CC(C)(C)[Si](C)(C)O[C@@H]1CO[C@H]2[C@@H]1OC[C@H]2Oc1nc2cc(Cl)c(C[C@H]3CCc4cc(Br)cc(F)c43)nc2n1COCC[Si](C)(C)C. The van der Waals surface area contributed by atoms with E-state index in [9.17, 15) is 0 Å².